The molecule has 2 N–H and O–H groups in total. The van der Waals surface area contributed by atoms with Gasteiger partial charge in [0, 0.05) is 12.2 Å². The van der Waals surface area contributed by atoms with Crippen molar-refractivity contribution in [2.24, 2.45) is 0 Å². The average molecular weight is 291 g/mol. The number of halogens is 1. The quantitative estimate of drug-likeness (QED) is 0.890. The molecule has 0 bridgehead atoms. The number of hydrogen-bond donors (Lipinski definition) is 2. The van der Waals surface area contributed by atoms with Gasteiger partial charge >= 0.3 is 6.03 Å². The van der Waals surface area contributed by atoms with Gasteiger partial charge in [-0.15, -0.1) is 0 Å². The van der Waals surface area contributed by atoms with E-state index in [9.17, 15) is 9.18 Å². The van der Waals surface area contributed by atoms with Crippen LogP contribution in [0.2, 0.25) is 0 Å². The molecule has 5 nitrogen and oxygen atoms in total. The van der Waals surface area contributed by atoms with E-state index >= 15 is 0 Å². The summed E-state index contributed by atoms with van der Waals surface area (Å²) in [6.45, 7) is 0.396. The van der Waals surface area contributed by atoms with Gasteiger partial charge in [0.15, 0.2) is 0 Å². The zero-order valence-corrected chi connectivity index (χ0v) is 12.0. The van der Waals surface area contributed by atoms with Crippen LogP contribution in [-0.4, -0.2) is 31.6 Å². The molecule has 1 aromatic carbocycles. The number of amides is 2. The molecule has 0 spiro atoms. The summed E-state index contributed by atoms with van der Waals surface area (Å²) in [5, 5.41) is 5.41. The molecule has 2 rings (SSSR count). The molecule has 1 atom stereocenters. The maximum absolute atomic E-state index is 12.8. The minimum Gasteiger partial charge on any atom is -0.468 e. The number of carbonyl (C=O) groups is 1. The second-order valence-electron chi connectivity index (χ2n) is 4.84. The molecule has 0 unspecified atom stereocenters. The molecule has 2 amide bonds. The van der Waals surface area contributed by atoms with Crippen LogP contribution < -0.4 is 10.6 Å². The summed E-state index contributed by atoms with van der Waals surface area (Å²) in [7, 11) is 3.82. The SMILES string of the molecule is CN(C)[C@@H](CNC(=O)Nc1ccc(F)cc1)c1ccco1. The fraction of sp³-hybridized carbons (Fsp3) is 0.267. The van der Waals surface area contributed by atoms with Gasteiger partial charge in [-0.2, -0.15) is 0 Å². The van der Waals surface area contributed by atoms with Crippen molar-refractivity contribution in [2.45, 2.75) is 6.04 Å². The molecule has 2 aromatic rings. The van der Waals surface area contributed by atoms with E-state index in [1.807, 2.05) is 31.1 Å². The Kier molecular flexibility index (Phi) is 4.94. The molecule has 21 heavy (non-hydrogen) atoms. The average Bonchev–Trinajstić information content (AvgIpc) is 2.95. The molecule has 0 saturated carbocycles. The Balaban J connectivity index is 1.89. The molecule has 0 saturated heterocycles. The van der Waals surface area contributed by atoms with Gasteiger partial charge < -0.3 is 15.1 Å². The van der Waals surface area contributed by atoms with Crippen molar-refractivity contribution in [1.29, 1.82) is 0 Å². The molecule has 0 radical (unpaired) electrons. The topological polar surface area (TPSA) is 57.5 Å². The number of urea groups is 1. The molecule has 112 valence electrons. The largest absolute Gasteiger partial charge is 0.468 e. The molecule has 0 aliphatic rings. The standard InChI is InChI=1S/C15H18FN3O2/c1-19(2)13(14-4-3-9-21-14)10-17-15(20)18-12-7-5-11(16)6-8-12/h3-9,13H,10H2,1-2H3,(H2,17,18,20)/t13-/m0/s1. The van der Waals surface area contributed by atoms with Gasteiger partial charge in [-0.05, 0) is 50.5 Å². The number of furan rings is 1. The van der Waals surface area contributed by atoms with Crippen molar-refractivity contribution in [2.75, 3.05) is 26.0 Å². The molecule has 6 heteroatoms. The molecule has 0 fully saturated rings. The highest BCUT2D eigenvalue weighted by atomic mass is 19.1. The normalized spacial score (nSPS) is 12.2. The number of benzene rings is 1. The first-order chi connectivity index (χ1) is 10.1. The van der Waals surface area contributed by atoms with Gasteiger partial charge in [0.2, 0.25) is 0 Å². The minimum absolute atomic E-state index is 0.0565. The van der Waals surface area contributed by atoms with E-state index in [2.05, 4.69) is 10.6 Å². The van der Waals surface area contributed by atoms with E-state index < -0.39 is 0 Å². The monoisotopic (exact) mass is 291 g/mol. The number of nitrogens with zero attached hydrogens (tertiary/aromatic N) is 1. The Morgan fingerprint density at radius 2 is 2.00 bits per heavy atom. The van der Waals surface area contributed by atoms with Crippen LogP contribution in [-0.2, 0) is 0 Å². The number of anilines is 1. The van der Waals surface area contributed by atoms with Crippen LogP contribution in [0.15, 0.2) is 47.1 Å². The van der Waals surface area contributed by atoms with Gasteiger partial charge in [0.25, 0.3) is 0 Å². The summed E-state index contributed by atoms with van der Waals surface area (Å²) in [4.78, 5) is 13.8. The number of carbonyl (C=O) groups excluding carboxylic acids is 1. The zero-order chi connectivity index (χ0) is 15.2. The molecule has 0 aliphatic carbocycles. The minimum atomic E-state index is -0.347. The van der Waals surface area contributed by atoms with E-state index in [1.54, 1.807) is 6.26 Å². The van der Waals surface area contributed by atoms with Crippen molar-refractivity contribution >= 4 is 11.7 Å². The zero-order valence-electron chi connectivity index (χ0n) is 12.0. The lowest BCUT2D eigenvalue weighted by Gasteiger charge is -2.22. The lowest BCUT2D eigenvalue weighted by atomic mass is 10.2. The highest BCUT2D eigenvalue weighted by molar-refractivity contribution is 5.89. The Bertz CT molecular complexity index is 567. The maximum Gasteiger partial charge on any atom is 0.319 e. The van der Waals surface area contributed by atoms with Crippen LogP contribution in [0.25, 0.3) is 0 Å². The second-order valence-corrected chi connectivity index (χ2v) is 4.84. The Morgan fingerprint density at radius 1 is 1.29 bits per heavy atom. The van der Waals surface area contributed by atoms with Gasteiger partial charge in [0.1, 0.15) is 11.6 Å². The Hall–Kier alpha value is -2.34. The fourth-order valence-corrected chi connectivity index (χ4v) is 1.92. The first-order valence-electron chi connectivity index (χ1n) is 6.56. The number of rotatable bonds is 5. The molecule has 1 heterocycles. The third-order valence-electron chi connectivity index (χ3n) is 3.05. The molecular weight excluding hydrogens is 273 g/mol. The highest BCUT2D eigenvalue weighted by Gasteiger charge is 2.17. The fourth-order valence-electron chi connectivity index (χ4n) is 1.92. The number of hydrogen-bond acceptors (Lipinski definition) is 3. The third kappa shape index (κ3) is 4.32. The maximum atomic E-state index is 12.8. The van der Waals surface area contributed by atoms with Crippen molar-refractivity contribution in [1.82, 2.24) is 10.2 Å². The summed E-state index contributed by atoms with van der Waals surface area (Å²) in [6.07, 6.45) is 1.60. The van der Waals surface area contributed by atoms with Crippen molar-refractivity contribution in [3.05, 3.63) is 54.2 Å². The number of likely N-dealkylation sites (N-methyl/N-ethyl adjacent to an activating group) is 1. The van der Waals surface area contributed by atoms with Gasteiger partial charge in [-0.25, -0.2) is 9.18 Å². The van der Waals surface area contributed by atoms with E-state index in [-0.39, 0.29) is 17.9 Å². The first kappa shape index (κ1) is 15.1. The molecular formula is C15H18FN3O2. The molecule has 1 aromatic heterocycles. The van der Waals surface area contributed by atoms with E-state index in [0.717, 1.165) is 5.76 Å². The predicted octanol–water partition coefficient (Wildman–Crippen LogP) is 2.84. The smallest absolute Gasteiger partial charge is 0.319 e. The van der Waals surface area contributed by atoms with Crippen molar-refractivity contribution < 1.29 is 13.6 Å². The van der Waals surface area contributed by atoms with Gasteiger partial charge in [-0.3, -0.25) is 4.90 Å². The van der Waals surface area contributed by atoms with Crippen molar-refractivity contribution in [3.63, 3.8) is 0 Å². The van der Waals surface area contributed by atoms with E-state index in [0.29, 0.717) is 12.2 Å². The van der Waals surface area contributed by atoms with Gasteiger partial charge in [-0.1, -0.05) is 0 Å². The highest BCUT2D eigenvalue weighted by Crippen LogP contribution is 2.17. The summed E-state index contributed by atoms with van der Waals surface area (Å²) < 4.78 is 18.1. The first-order valence-corrected chi connectivity index (χ1v) is 6.56. The van der Waals surface area contributed by atoms with Gasteiger partial charge in [0.05, 0.1) is 12.3 Å². The van der Waals surface area contributed by atoms with Crippen LogP contribution in [0.3, 0.4) is 0 Å². The lowest BCUT2D eigenvalue weighted by molar-refractivity contribution is 0.233. The Morgan fingerprint density at radius 3 is 2.57 bits per heavy atom. The Labute approximate surface area is 122 Å². The van der Waals surface area contributed by atoms with E-state index in [1.165, 1.54) is 24.3 Å². The van der Waals surface area contributed by atoms with Crippen LogP contribution >= 0.6 is 0 Å². The summed E-state index contributed by atoms with van der Waals surface area (Å²) in [6, 6.07) is 8.87. The summed E-state index contributed by atoms with van der Waals surface area (Å²) >= 11 is 0. The van der Waals surface area contributed by atoms with E-state index in [4.69, 9.17) is 4.42 Å². The predicted molar refractivity (Wildman–Crippen MR) is 78.6 cm³/mol. The van der Waals surface area contributed by atoms with Crippen LogP contribution in [0.1, 0.15) is 11.8 Å². The summed E-state index contributed by atoms with van der Waals surface area (Å²) in [5.74, 6) is 0.438. The lowest BCUT2D eigenvalue weighted by Crippen LogP contribution is -2.36. The second kappa shape index (κ2) is 6.90. The number of nitrogens with one attached hydrogen (secondary N) is 2. The summed E-state index contributed by atoms with van der Waals surface area (Å²) in [5.41, 5.74) is 0.535. The van der Waals surface area contributed by atoms with Crippen LogP contribution in [0.4, 0.5) is 14.9 Å². The van der Waals surface area contributed by atoms with Crippen LogP contribution in [0, 0.1) is 5.82 Å². The van der Waals surface area contributed by atoms with Crippen LogP contribution in [0.5, 0.6) is 0 Å². The molecule has 0 aliphatic heterocycles. The third-order valence-corrected chi connectivity index (χ3v) is 3.05. The van der Waals surface area contributed by atoms with Crippen molar-refractivity contribution in [3.8, 4) is 0 Å².